The topological polar surface area (TPSA) is 41.4 Å². The molecule has 2 N–H and O–H groups in total. The van der Waals surface area contributed by atoms with Gasteiger partial charge in [-0.2, -0.15) is 13.2 Å². The van der Waals surface area contributed by atoms with Crippen LogP contribution in [0.1, 0.15) is 11.1 Å². The lowest BCUT2D eigenvalue weighted by molar-refractivity contribution is -0.138. The van der Waals surface area contributed by atoms with Crippen LogP contribution in [0.4, 0.5) is 17.6 Å². The fourth-order valence-electron chi connectivity index (χ4n) is 2.19. The molecule has 25 heavy (non-hydrogen) atoms. The second kappa shape index (κ2) is 9.64. The normalized spacial score (nSPS) is 11.8. The first-order valence-corrected chi connectivity index (χ1v) is 7.31. The van der Waals surface area contributed by atoms with Crippen molar-refractivity contribution in [1.82, 2.24) is 15.2 Å². The number of aromatic nitrogens is 1. The van der Waals surface area contributed by atoms with Crippen molar-refractivity contribution in [2.24, 2.45) is 4.99 Å². The van der Waals surface area contributed by atoms with Gasteiger partial charge in [-0.15, -0.1) is 24.0 Å². The molecular formula is C16H19F4IN4. The number of benzene rings is 1. The summed E-state index contributed by atoms with van der Waals surface area (Å²) in [6.45, 7) is 1.14. The maximum absolute atomic E-state index is 13.1. The van der Waals surface area contributed by atoms with E-state index in [1.165, 1.54) is 7.05 Å². The summed E-state index contributed by atoms with van der Waals surface area (Å²) in [5, 5.41) is 5.82. The SMILES string of the molecule is CN=C(NCCn1cccc1)NCc1ccc(F)cc1C(F)(F)F.I. The van der Waals surface area contributed by atoms with Gasteiger partial charge < -0.3 is 15.2 Å². The standard InChI is InChI=1S/C16H18F4N4.HI/c1-21-15(22-6-9-24-7-2-3-8-24)23-11-12-4-5-13(17)10-14(12)16(18,19)20;/h2-5,7-8,10H,6,9,11H2,1H3,(H2,21,22,23);1H. The van der Waals surface area contributed by atoms with E-state index in [1.54, 1.807) is 0 Å². The van der Waals surface area contributed by atoms with Crippen LogP contribution in [-0.2, 0) is 19.3 Å². The lowest BCUT2D eigenvalue weighted by Crippen LogP contribution is -2.38. The van der Waals surface area contributed by atoms with E-state index in [0.717, 1.165) is 12.1 Å². The Morgan fingerprint density at radius 2 is 1.84 bits per heavy atom. The van der Waals surface area contributed by atoms with E-state index in [2.05, 4.69) is 15.6 Å². The van der Waals surface area contributed by atoms with Crippen molar-refractivity contribution in [3.63, 3.8) is 0 Å². The predicted molar refractivity (Wildman–Crippen MR) is 99.5 cm³/mol. The molecule has 0 atom stereocenters. The summed E-state index contributed by atoms with van der Waals surface area (Å²) >= 11 is 0. The molecule has 138 valence electrons. The van der Waals surface area contributed by atoms with Crippen molar-refractivity contribution in [3.05, 3.63) is 59.7 Å². The van der Waals surface area contributed by atoms with Crippen molar-refractivity contribution in [3.8, 4) is 0 Å². The maximum Gasteiger partial charge on any atom is 0.416 e. The lowest BCUT2D eigenvalue weighted by Gasteiger charge is -2.16. The molecule has 4 nitrogen and oxygen atoms in total. The van der Waals surface area contributed by atoms with Crippen LogP contribution in [0, 0.1) is 5.82 Å². The zero-order valence-corrected chi connectivity index (χ0v) is 15.8. The summed E-state index contributed by atoms with van der Waals surface area (Å²) in [4.78, 5) is 3.96. The van der Waals surface area contributed by atoms with E-state index < -0.39 is 17.6 Å². The highest BCUT2D eigenvalue weighted by Crippen LogP contribution is 2.32. The summed E-state index contributed by atoms with van der Waals surface area (Å²) in [6, 6.07) is 6.44. The Hall–Kier alpha value is -1.78. The third kappa shape index (κ3) is 6.56. The van der Waals surface area contributed by atoms with Crippen LogP contribution in [0.2, 0.25) is 0 Å². The van der Waals surface area contributed by atoms with Crippen molar-refractivity contribution in [2.45, 2.75) is 19.3 Å². The Morgan fingerprint density at radius 3 is 2.44 bits per heavy atom. The fraction of sp³-hybridized carbons (Fsp3) is 0.312. The van der Waals surface area contributed by atoms with E-state index in [9.17, 15) is 17.6 Å². The third-order valence-corrected chi connectivity index (χ3v) is 3.38. The summed E-state index contributed by atoms with van der Waals surface area (Å²) in [5.41, 5.74) is -1.03. The molecule has 0 unspecified atom stereocenters. The van der Waals surface area contributed by atoms with Crippen LogP contribution in [0.5, 0.6) is 0 Å². The average molecular weight is 470 g/mol. The van der Waals surface area contributed by atoms with E-state index in [-0.39, 0.29) is 36.1 Å². The van der Waals surface area contributed by atoms with Crippen LogP contribution >= 0.6 is 24.0 Å². The van der Waals surface area contributed by atoms with Crippen molar-refractivity contribution >= 4 is 29.9 Å². The Balaban J connectivity index is 0.00000312. The lowest BCUT2D eigenvalue weighted by atomic mass is 10.1. The van der Waals surface area contributed by atoms with Crippen LogP contribution < -0.4 is 10.6 Å². The largest absolute Gasteiger partial charge is 0.416 e. The highest BCUT2D eigenvalue weighted by atomic mass is 127. The second-order valence-electron chi connectivity index (χ2n) is 5.07. The molecular weight excluding hydrogens is 451 g/mol. The van der Waals surface area contributed by atoms with Crippen molar-refractivity contribution in [1.29, 1.82) is 0 Å². The highest BCUT2D eigenvalue weighted by Gasteiger charge is 2.33. The molecule has 0 aliphatic rings. The van der Waals surface area contributed by atoms with Crippen molar-refractivity contribution in [2.75, 3.05) is 13.6 Å². The molecule has 2 rings (SSSR count). The smallest absolute Gasteiger partial charge is 0.355 e. The Kier molecular flexibility index (Phi) is 8.20. The molecule has 0 bridgehead atoms. The Morgan fingerprint density at radius 1 is 1.16 bits per heavy atom. The quantitative estimate of drug-likeness (QED) is 0.304. The summed E-state index contributed by atoms with van der Waals surface area (Å²) in [5.74, 6) is -0.542. The third-order valence-electron chi connectivity index (χ3n) is 3.38. The number of nitrogens with one attached hydrogen (secondary N) is 2. The molecule has 0 amide bonds. The van der Waals surface area contributed by atoms with Gasteiger partial charge in [0.2, 0.25) is 0 Å². The first-order valence-electron chi connectivity index (χ1n) is 7.31. The first-order chi connectivity index (χ1) is 11.4. The molecule has 2 aromatic rings. The summed E-state index contributed by atoms with van der Waals surface area (Å²) < 4.78 is 53.9. The fourth-order valence-corrected chi connectivity index (χ4v) is 2.19. The van der Waals surface area contributed by atoms with E-state index in [1.807, 2.05) is 29.1 Å². The van der Waals surface area contributed by atoms with Gasteiger partial charge in [0.05, 0.1) is 5.56 Å². The minimum absolute atomic E-state index is 0. The number of nitrogens with zero attached hydrogens (tertiary/aromatic N) is 2. The van der Waals surface area contributed by atoms with Gasteiger partial charge in [0.15, 0.2) is 5.96 Å². The van der Waals surface area contributed by atoms with Crippen molar-refractivity contribution < 1.29 is 17.6 Å². The molecule has 1 aromatic carbocycles. The van der Waals surface area contributed by atoms with Crippen LogP contribution in [-0.4, -0.2) is 24.1 Å². The number of alkyl halides is 3. The monoisotopic (exact) mass is 470 g/mol. The van der Waals surface area contributed by atoms with Gasteiger partial charge in [0.1, 0.15) is 5.82 Å². The molecule has 0 radical (unpaired) electrons. The molecule has 0 saturated heterocycles. The Bertz CT molecular complexity index is 684. The second-order valence-corrected chi connectivity index (χ2v) is 5.07. The number of halogens is 5. The summed E-state index contributed by atoms with van der Waals surface area (Å²) in [7, 11) is 1.53. The van der Waals surface area contributed by atoms with E-state index in [4.69, 9.17) is 0 Å². The van der Waals surface area contributed by atoms with E-state index >= 15 is 0 Å². The molecule has 0 aliphatic heterocycles. The summed E-state index contributed by atoms with van der Waals surface area (Å²) in [6.07, 6.45) is -0.789. The number of rotatable bonds is 5. The van der Waals surface area contributed by atoms with Gasteiger partial charge in [-0.25, -0.2) is 4.39 Å². The Labute approximate surface area is 160 Å². The maximum atomic E-state index is 13.1. The highest BCUT2D eigenvalue weighted by molar-refractivity contribution is 14.0. The van der Waals surface area contributed by atoms with Gasteiger partial charge in [-0.3, -0.25) is 4.99 Å². The minimum atomic E-state index is -4.61. The van der Waals surface area contributed by atoms with Gasteiger partial charge in [0.25, 0.3) is 0 Å². The number of aliphatic imine (C=N–C) groups is 1. The predicted octanol–water partition coefficient (Wildman–Crippen LogP) is 3.63. The van der Waals surface area contributed by atoms with E-state index in [0.29, 0.717) is 25.1 Å². The zero-order valence-electron chi connectivity index (χ0n) is 13.5. The van der Waals surface area contributed by atoms with Gasteiger partial charge in [-0.1, -0.05) is 6.07 Å². The molecule has 9 heteroatoms. The average Bonchev–Trinajstić information content (AvgIpc) is 3.04. The van der Waals surface area contributed by atoms with Crippen LogP contribution in [0.3, 0.4) is 0 Å². The van der Waals surface area contributed by atoms with Gasteiger partial charge in [-0.05, 0) is 29.8 Å². The molecule has 0 saturated carbocycles. The minimum Gasteiger partial charge on any atom is -0.355 e. The molecule has 0 fully saturated rings. The van der Waals surface area contributed by atoms with Gasteiger partial charge in [0, 0.05) is 39.1 Å². The molecule has 1 heterocycles. The molecule has 0 spiro atoms. The van der Waals surface area contributed by atoms with Crippen LogP contribution in [0.25, 0.3) is 0 Å². The van der Waals surface area contributed by atoms with Gasteiger partial charge >= 0.3 is 6.18 Å². The number of hydrogen-bond donors (Lipinski definition) is 2. The molecule has 1 aromatic heterocycles. The van der Waals surface area contributed by atoms with Crippen LogP contribution in [0.15, 0.2) is 47.7 Å². The number of guanidine groups is 1. The molecule has 0 aliphatic carbocycles. The number of hydrogen-bond acceptors (Lipinski definition) is 1. The zero-order chi connectivity index (χ0) is 17.6. The first kappa shape index (κ1) is 21.3.